The Kier molecular flexibility index (Phi) is 6.40. The molecule has 8 nitrogen and oxygen atoms in total. The third kappa shape index (κ3) is 4.66. The largest absolute Gasteiger partial charge is 0.478 e. The Morgan fingerprint density at radius 1 is 1.09 bits per heavy atom. The molecule has 2 heterocycles. The van der Waals surface area contributed by atoms with Crippen LogP contribution in [0.2, 0.25) is 0 Å². The molecule has 1 aliphatic rings. The van der Waals surface area contributed by atoms with Crippen molar-refractivity contribution in [1.82, 2.24) is 0 Å². The number of carboxylic acids is 1. The number of hydrazone groups is 1. The van der Waals surface area contributed by atoms with E-state index in [-0.39, 0.29) is 5.56 Å². The number of carbonyl (C=O) groups is 3. The zero-order valence-electron chi connectivity index (χ0n) is 18.6. The van der Waals surface area contributed by atoms with Crippen molar-refractivity contribution < 1.29 is 28.6 Å². The summed E-state index contributed by atoms with van der Waals surface area (Å²) in [6.07, 6.45) is 2.33. The molecule has 1 N–H and O–H groups in total. The van der Waals surface area contributed by atoms with Crippen LogP contribution >= 0.6 is 0 Å². The predicted molar refractivity (Wildman–Crippen MR) is 127 cm³/mol. The van der Waals surface area contributed by atoms with Crippen LogP contribution in [0.1, 0.15) is 46.7 Å². The first-order chi connectivity index (χ1) is 16.4. The molecule has 0 bridgehead atoms. The summed E-state index contributed by atoms with van der Waals surface area (Å²) in [7, 11) is 0. The van der Waals surface area contributed by atoms with Crippen molar-refractivity contribution in [2.24, 2.45) is 5.10 Å². The highest BCUT2D eigenvalue weighted by Crippen LogP contribution is 2.28. The van der Waals surface area contributed by atoms with Gasteiger partial charge in [0.1, 0.15) is 11.5 Å². The quantitative estimate of drug-likeness (QED) is 0.393. The second-order valence-electron chi connectivity index (χ2n) is 7.63. The number of carbonyl (C=O) groups excluding carboxylic acids is 2. The maximum Gasteiger partial charge on any atom is 0.338 e. The lowest BCUT2D eigenvalue weighted by atomic mass is 10.1. The van der Waals surface area contributed by atoms with Gasteiger partial charge in [-0.15, -0.1) is 0 Å². The zero-order valence-corrected chi connectivity index (χ0v) is 18.6. The SMILES string of the molecule is CCCOC(=O)c1cccc(-c2ccc(/C=C3\C(=O)N(c4cccc(C(=O)O)c4)N=C3C)o2)c1. The summed E-state index contributed by atoms with van der Waals surface area (Å²) >= 11 is 0. The third-order valence-electron chi connectivity index (χ3n) is 5.13. The minimum atomic E-state index is -1.09. The van der Waals surface area contributed by atoms with Crippen LogP contribution in [0.5, 0.6) is 0 Å². The summed E-state index contributed by atoms with van der Waals surface area (Å²) in [6, 6.07) is 16.4. The van der Waals surface area contributed by atoms with Crippen LogP contribution < -0.4 is 5.01 Å². The minimum Gasteiger partial charge on any atom is -0.478 e. The van der Waals surface area contributed by atoms with Gasteiger partial charge in [-0.3, -0.25) is 4.79 Å². The first kappa shape index (κ1) is 22.7. The number of benzene rings is 2. The monoisotopic (exact) mass is 458 g/mol. The van der Waals surface area contributed by atoms with E-state index >= 15 is 0 Å². The summed E-state index contributed by atoms with van der Waals surface area (Å²) < 4.78 is 11.1. The number of hydrogen-bond donors (Lipinski definition) is 1. The van der Waals surface area contributed by atoms with Crippen LogP contribution in [-0.2, 0) is 9.53 Å². The standard InChI is InChI=1S/C26H22N2O6/c1-3-12-33-26(32)19-8-4-6-17(13-19)23-11-10-21(34-23)15-22-16(2)27-28(24(22)29)20-9-5-7-18(14-20)25(30)31/h4-11,13-15H,3,12H2,1-2H3,(H,30,31)/b22-15-. The Morgan fingerprint density at radius 3 is 2.62 bits per heavy atom. The summed E-state index contributed by atoms with van der Waals surface area (Å²) in [5, 5.41) is 14.7. The van der Waals surface area contributed by atoms with Gasteiger partial charge in [0.2, 0.25) is 0 Å². The molecule has 8 heteroatoms. The average Bonchev–Trinajstić information content (AvgIpc) is 3.43. The first-order valence-electron chi connectivity index (χ1n) is 10.7. The van der Waals surface area contributed by atoms with Gasteiger partial charge in [-0.2, -0.15) is 10.1 Å². The van der Waals surface area contributed by atoms with Crippen LogP contribution in [-0.4, -0.2) is 35.3 Å². The highest BCUT2D eigenvalue weighted by molar-refractivity contribution is 6.32. The number of ether oxygens (including phenoxy) is 1. The molecule has 4 rings (SSSR count). The maximum atomic E-state index is 13.0. The molecule has 1 amide bonds. The van der Waals surface area contributed by atoms with Crippen molar-refractivity contribution in [3.05, 3.63) is 83.1 Å². The fourth-order valence-electron chi connectivity index (χ4n) is 3.44. The molecule has 172 valence electrons. The van der Waals surface area contributed by atoms with E-state index in [4.69, 9.17) is 9.15 Å². The van der Waals surface area contributed by atoms with E-state index < -0.39 is 17.8 Å². The number of anilines is 1. The van der Waals surface area contributed by atoms with Crippen LogP contribution in [0.15, 0.2) is 75.8 Å². The molecule has 3 aromatic rings. The van der Waals surface area contributed by atoms with Crippen molar-refractivity contribution in [3.63, 3.8) is 0 Å². The highest BCUT2D eigenvalue weighted by Gasteiger charge is 2.29. The second kappa shape index (κ2) is 9.58. The molecule has 1 aliphatic heterocycles. The van der Waals surface area contributed by atoms with Gasteiger partial charge in [0.25, 0.3) is 5.91 Å². The topological polar surface area (TPSA) is 109 Å². The van der Waals surface area contributed by atoms with Crippen LogP contribution in [0.3, 0.4) is 0 Å². The van der Waals surface area contributed by atoms with E-state index in [0.717, 1.165) is 6.42 Å². The van der Waals surface area contributed by atoms with Gasteiger partial charge in [0, 0.05) is 5.56 Å². The van der Waals surface area contributed by atoms with Gasteiger partial charge in [-0.05, 0) is 61.9 Å². The average molecular weight is 458 g/mol. The Hall–Kier alpha value is -4.46. The summed E-state index contributed by atoms with van der Waals surface area (Å²) in [4.78, 5) is 36.4. The van der Waals surface area contributed by atoms with E-state index in [1.165, 1.54) is 17.1 Å². The Labute approximate surface area is 195 Å². The maximum absolute atomic E-state index is 13.0. The van der Waals surface area contributed by atoms with Gasteiger partial charge < -0.3 is 14.3 Å². The Balaban J connectivity index is 1.56. The number of rotatable bonds is 7. The lowest BCUT2D eigenvalue weighted by Gasteiger charge is -2.12. The van der Waals surface area contributed by atoms with Crippen molar-refractivity contribution >= 4 is 35.3 Å². The normalized spacial score (nSPS) is 14.4. The van der Waals surface area contributed by atoms with Crippen LogP contribution in [0, 0.1) is 0 Å². The van der Waals surface area contributed by atoms with Crippen LogP contribution in [0.25, 0.3) is 17.4 Å². The van der Waals surface area contributed by atoms with E-state index in [2.05, 4.69) is 5.10 Å². The highest BCUT2D eigenvalue weighted by atomic mass is 16.5. The molecule has 0 fully saturated rings. The number of carboxylic acid groups (broad SMARTS) is 1. The number of hydrogen-bond acceptors (Lipinski definition) is 6. The van der Waals surface area contributed by atoms with E-state index in [0.29, 0.717) is 46.2 Å². The lowest BCUT2D eigenvalue weighted by Crippen LogP contribution is -2.21. The molecule has 1 aromatic heterocycles. The smallest absolute Gasteiger partial charge is 0.338 e. The molecule has 0 spiro atoms. The Bertz CT molecular complexity index is 1330. The molecule has 0 saturated heterocycles. The number of esters is 1. The molecule has 34 heavy (non-hydrogen) atoms. The third-order valence-corrected chi connectivity index (χ3v) is 5.13. The Morgan fingerprint density at radius 2 is 1.85 bits per heavy atom. The second-order valence-corrected chi connectivity index (χ2v) is 7.63. The van der Waals surface area contributed by atoms with Gasteiger partial charge >= 0.3 is 11.9 Å². The first-order valence-corrected chi connectivity index (χ1v) is 10.7. The van der Waals surface area contributed by atoms with Gasteiger partial charge in [0.05, 0.1) is 34.7 Å². The fraction of sp³-hybridized carbons (Fsp3) is 0.154. The number of aromatic carboxylic acids is 1. The van der Waals surface area contributed by atoms with Crippen LogP contribution in [0.4, 0.5) is 5.69 Å². The van der Waals surface area contributed by atoms with Crippen molar-refractivity contribution in [1.29, 1.82) is 0 Å². The van der Waals surface area contributed by atoms with Gasteiger partial charge in [-0.25, -0.2) is 9.59 Å². The molecule has 2 aromatic carbocycles. The number of furan rings is 1. The van der Waals surface area contributed by atoms with E-state index in [9.17, 15) is 19.5 Å². The zero-order chi connectivity index (χ0) is 24.2. The fourth-order valence-corrected chi connectivity index (χ4v) is 3.44. The minimum absolute atomic E-state index is 0.0621. The molecule has 0 saturated carbocycles. The molecule has 0 radical (unpaired) electrons. The number of amides is 1. The van der Waals surface area contributed by atoms with Gasteiger partial charge in [0.15, 0.2) is 0 Å². The van der Waals surface area contributed by atoms with Crippen molar-refractivity contribution in [2.45, 2.75) is 20.3 Å². The molecular weight excluding hydrogens is 436 g/mol. The molecular formula is C26H22N2O6. The van der Waals surface area contributed by atoms with Crippen molar-refractivity contribution in [3.8, 4) is 11.3 Å². The molecule has 0 unspecified atom stereocenters. The van der Waals surface area contributed by atoms with Gasteiger partial charge in [-0.1, -0.05) is 25.1 Å². The number of nitrogens with zero attached hydrogens (tertiary/aromatic N) is 2. The van der Waals surface area contributed by atoms with E-state index in [1.54, 1.807) is 55.5 Å². The van der Waals surface area contributed by atoms with Crippen molar-refractivity contribution in [2.75, 3.05) is 11.6 Å². The summed E-state index contributed by atoms with van der Waals surface area (Å²) in [6.45, 7) is 3.98. The molecule has 0 aliphatic carbocycles. The summed E-state index contributed by atoms with van der Waals surface area (Å²) in [5.74, 6) is -0.904. The lowest BCUT2D eigenvalue weighted by molar-refractivity contribution is -0.114. The molecule has 0 atom stereocenters. The summed E-state index contributed by atoms with van der Waals surface area (Å²) in [5.41, 5.74) is 2.36. The van der Waals surface area contributed by atoms with E-state index in [1.807, 2.05) is 13.0 Å². The predicted octanol–water partition coefficient (Wildman–Crippen LogP) is 5.02.